The number of nitrogens with zero attached hydrogens (tertiary/aromatic N) is 1. The Bertz CT molecular complexity index is 367. The van der Waals surface area contributed by atoms with Crippen molar-refractivity contribution in [1.82, 2.24) is 10.2 Å². The molecule has 0 aliphatic rings. The quantitative estimate of drug-likeness (QED) is 0.837. The van der Waals surface area contributed by atoms with Gasteiger partial charge in [-0.1, -0.05) is 26.0 Å². The van der Waals surface area contributed by atoms with Crippen molar-refractivity contribution in [3.8, 4) is 5.75 Å². The summed E-state index contributed by atoms with van der Waals surface area (Å²) < 4.78 is 6.90. The van der Waals surface area contributed by atoms with Crippen LogP contribution in [0.15, 0.2) is 22.7 Å². The first kappa shape index (κ1) is 15.5. The molecule has 0 radical (unpaired) electrons. The van der Waals surface area contributed by atoms with Crippen LogP contribution >= 0.6 is 15.9 Å². The number of ether oxygens (including phenoxy) is 1. The number of halogens is 1. The highest BCUT2D eigenvalue weighted by atomic mass is 79.9. The summed E-state index contributed by atoms with van der Waals surface area (Å²) in [6, 6.07) is 6.63. The van der Waals surface area contributed by atoms with Crippen LogP contribution in [0, 0.1) is 0 Å². The lowest BCUT2D eigenvalue weighted by Gasteiger charge is -2.16. The highest BCUT2D eigenvalue weighted by molar-refractivity contribution is 9.10. The Hall–Kier alpha value is -0.580. The van der Waals surface area contributed by atoms with E-state index < -0.39 is 0 Å². The molecule has 4 heteroatoms. The molecule has 18 heavy (non-hydrogen) atoms. The molecule has 1 aromatic carbocycles. The van der Waals surface area contributed by atoms with Crippen molar-refractivity contribution < 1.29 is 4.74 Å². The average molecular weight is 315 g/mol. The van der Waals surface area contributed by atoms with Crippen LogP contribution in [0.1, 0.15) is 19.4 Å². The molecule has 0 saturated carbocycles. The van der Waals surface area contributed by atoms with E-state index in [9.17, 15) is 0 Å². The van der Waals surface area contributed by atoms with E-state index in [0.717, 1.165) is 23.3 Å². The van der Waals surface area contributed by atoms with Gasteiger partial charge in [0.05, 0.1) is 4.47 Å². The van der Waals surface area contributed by atoms with Crippen LogP contribution < -0.4 is 10.1 Å². The summed E-state index contributed by atoms with van der Waals surface area (Å²) in [5, 5.41) is 3.42. The van der Waals surface area contributed by atoms with Gasteiger partial charge in [0.1, 0.15) is 12.4 Å². The van der Waals surface area contributed by atoms with Crippen LogP contribution in [0.5, 0.6) is 5.75 Å². The molecule has 0 aliphatic carbocycles. The molecular weight excluding hydrogens is 292 g/mol. The number of hydrogen-bond donors (Lipinski definition) is 1. The van der Waals surface area contributed by atoms with Gasteiger partial charge in [-0.2, -0.15) is 0 Å². The summed E-state index contributed by atoms with van der Waals surface area (Å²) in [4.78, 5) is 2.11. The molecular formula is C14H23BrN2O. The van der Waals surface area contributed by atoms with Crippen LogP contribution in [0.2, 0.25) is 0 Å². The van der Waals surface area contributed by atoms with E-state index in [1.807, 2.05) is 26.2 Å². The summed E-state index contributed by atoms with van der Waals surface area (Å²) in [7, 11) is 4.09. The van der Waals surface area contributed by atoms with Crippen molar-refractivity contribution in [2.45, 2.75) is 26.4 Å². The number of hydrogen-bond acceptors (Lipinski definition) is 3. The molecule has 0 amide bonds. The summed E-state index contributed by atoms with van der Waals surface area (Å²) in [6.07, 6.45) is 0. The molecule has 0 spiro atoms. The molecule has 0 bridgehead atoms. The normalized spacial score (nSPS) is 11.3. The highest BCUT2D eigenvalue weighted by Gasteiger charge is 2.08. The van der Waals surface area contributed by atoms with Gasteiger partial charge in [0.2, 0.25) is 0 Å². The van der Waals surface area contributed by atoms with Crippen molar-refractivity contribution in [1.29, 1.82) is 0 Å². The smallest absolute Gasteiger partial charge is 0.138 e. The molecule has 0 saturated heterocycles. The van der Waals surface area contributed by atoms with Crippen LogP contribution in [0.25, 0.3) is 0 Å². The summed E-state index contributed by atoms with van der Waals surface area (Å²) in [5.41, 5.74) is 1.19. The zero-order valence-corrected chi connectivity index (χ0v) is 13.3. The second kappa shape index (κ2) is 7.77. The van der Waals surface area contributed by atoms with E-state index >= 15 is 0 Å². The van der Waals surface area contributed by atoms with Gasteiger partial charge in [0, 0.05) is 24.7 Å². The predicted octanol–water partition coefficient (Wildman–Crippen LogP) is 2.89. The largest absolute Gasteiger partial charge is 0.491 e. The summed E-state index contributed by atoms with van der Waals surface area (Å²) >= 11 is 3.56. The van der Waals surface area contributed by atoms with Crippen LogP contribution in [0.4, 0.5) is 0 Å². The molecule has 0 unspecified atom stereocenters. The van der Waals surface area contributed by atoms with Crippen LogP contribution in [-0.4, -0.2) is 38.2 Å². The number of para-hydroxylation sites is 1. The third-order valence-corrected chi connectivity index (χ3v) is 3.16. The van der Waals surface area contributed by atoms with Gasteiger partial charge >= 0.3 is 0 Å². The van der Waals surface area contributed by atoms with E-state index in [-0.39, 0.29) is 0 Å². The van der Waals surface area contributed by atoms with Gasteiger partial charge in [-0.25, -0.2) is 0 Å². The maximum atomic E-state index is 5.88. The molecule has 0 atom stereocenters. The third-order valence-electron chi connectivity index (χ3n) is 2.53. The van der Waals surface area contributed by atoms with Crippen molar-refractivity contribution in [2.75, 3.05) is 27.2 Å². The van der Waals surface area contributed by atoms with E-state index in [1.165, 1.54) is 5.56 Å². The minimum atomic E-state index is 0.471. The van der Waals surface area contributed by atoms with Crippen molar-refractivity contribution in [3.63, 3.8) is 0 Å². The van der Waals surface area contributed by atoms with Crippen molar-refractivity contribution >= 4 is 15.9 Å². The Morgan fingerprint density at radius 2 is 2.06 bits per heavy atom. The van der Waals surface area contributed by atoms with Gasteiger partial charge < -0.3 is 15.0 Å². The Balaban J connectivity index is 2.67. The molecule has 0 fully saturated rings. The van der Waals surface area contributed by atoms with Crippen molar-refractivity contribution in [2.24, 2.45) is 0 Å². The minimum absolute atomic E-state index is 0.471. The summed E-state index contributed by atoms with van der Waals surface area (Å²) in [6.45, 7) is 6.73. The standard InChI is InChI=1S/C14H23BrN2O/c1-11(2)16-10-12-6-5-7-13(15)14(12)18-9-8-17(3)4/h5-7,11,16H,8-10H2,1-4H3. The molecule has 3 nitrogen and oxygen atoms in total. The second-order valence-electron chi connectivity index (χ2n) is 4.92. The maximum Gasteiger partial charge on any atom is 0.138 e. The number of nitrogens with one attached hydrogen (secondary N) is 1. The number of likely N-dealkylation sites (N-methyl/N-ethyl adjacent to an activating group) is 1. The van der Waals surface area contributed by atoms with E-state index in [2.05, 4.69) is 46.1 Å². The molecule has 0 heterocycles. The maximum absolute atomic E-state index is 5.88. The number of benzene rings is 1. The SMILES string of the molecule is CC(C)NCc1cccc(Br)c1OCCN(C)C. The first-order valence-corrected chi connectivity index (χ1v) is 7.08. The molecule has 0 aromatic heterocycles. The van der Waals surface area contributed by atoms with Gasteiger partial charge in [0.25, 0.3) is 0 Å². The average Bonchev–Trinajstić information content (AvgIpc) is 2.28. The Kier molecular flexibility index (Phi) is 6.68. The molecule has 1 N–H and O–H groups in total. The van der Waals surface area contributed by atoms with E-state index in [0.29, 0.717) is 12.6 Å². The molecule has 1 aromatic rings. The van der Waals surface area contributed by atoms with Gasteiger partial charge in [-0.3, -0.25) is 0 Å². The first-order valence-electron chi connectivity index (χ1n) is 6.29. The Morgan fingerprint density at radius 3 is 2.67 bits per heavy atom. The van der Waals surface area contributed by atoms with Gasteiger partial charge in [-0.15, -0.1) is 0 Å². The fourth-order valence-electron chi connectivity index (χ4n) is 1.50. The third kappa shape index (κ3) is 5.38. The second-order valence-corrected chi connectivity index (χ2v) is 5.77. The molecule has 102 valence electrons. The monoisotopic (exact) mass is 314 g/mol. The Morgan fingerprint density at radius 1 is 1.33 bits per heavy atom. The predicted molar refractivity (Wildman–Crippen MR) is 80.2 cm³/mol. The minimum Gasteiger partial charge on any atom is -0.491 e. The number of rotatable bonds is 7. The van der Waals surface area contributed by atoms with Gasteiger partial charge in [0.15, 0.2) is 0 Å². The lowest BCUT2D eigenvalue weighted by molar-refractivity contribution is 0.257. The van der Waals surface area contributed by atoms with Crippen molar-refractivity contribution in [3.05, 3.63) is 28.2 Å². The molecule has 0 aliphatic heterocycles. The van der Waals surface area contributed by atoms with Crippen LogP contribution in [0.3, 0.4) is 0 Å². The first-order chi connectivity index (χ1) is 8.50. The van der Waals surface area contributed by atoms with E-state index in [1.54, 1.807) is 0 Å². The van der Waals surface area contributed by atoms with Gasteiger partial charge in [-0.05, 0) is 36.1 Å². The van der Waals surface area contributed by atoms with E-state index in [4.69, 9.17) is 4.74 Å². The topological polar surface area (TPSA) is 24.5 Å². The zero-order chi connectivity index (χ0) is 13.5. The fraction of sp³-hybridized carbons (Fsp3) is 0.571. The highest BCUT2D eigenvalue weighted by Crippen LogP contribution is 2.29. The zero-order valence-electron chi connectivity index (χ0n) is 11.7. The Labute approximate surface area is 119 Å². The lowest BCUT2D eigenvalue weighted by atomic mass is 10.2. The fourth-order valence-corrected chi connectivity index (χ4v) is 2.02. The lowest BCUT2D eigenvalue weighted by Crippen LogP contribution is -2.23. The van der Waals surface area contributed by atoms with Crippen LogP contribution in [-0.2, 0) is 6.54 Å². The summed E-state index contributed by atoms with van der Waals surface area (Å²) in [5.74, 6) is 0.951. The molecule has 1 rings (SSSR count).